The Morgan fingerprint density at radius 2 is 1.96 bits per heavy atom. The van der Waals surface area contributed by atoms with E-state index in [1.807, 2.05) is 36.1 Å². The van der Waals surface area contributed by atoms with E-state index in [2.05, 4.69) is 0 Å². The highest BCUT2D eigenvalue weighted by Gasteiger charge is 2.50. The zero-order valence-corrected chi connectivity index (χ0v) is 14.0. The highest BCUT2D eigenvalue weighted by Crippen LogP contribution is 2.34. The molecule has 2 amide bonds. The minimum atomic E-state index is -0.237. The third kappa shape index (κ3) is 3.11. The maximum absolute atomic E-state index is 12.7. The van der Waals surface area contributed by atoms with Crippen molar-refractivity contribution < 1.29 is 14.3 Å². The van der Waals surface area contributed by atoms with Crippen LogP contribution in [0.4, 0.5) is 0 Å². The number of ether oxygens (including phenoxy) is 1. The lowest BCUT2D eigenvalue weighted by Crippen LogP contribution is -2.38. The topological polar surface area (TPSA) is 49.9 Å². The van der Waals surface area contributed by atoms with Gasteiger partial charge in [-0.1, -0.05) is 29.8 Å². The number of carbonyl (C=O) groups excluding carboxylic acids is 2. The molecule has 124 valence electrons. The summed E-state index contributed by atoms with van der Waals surface area (Å²) in [6.07, 6.45) is 1.06. The van der Waals surface area contributed by atoms with Gasteiger partial charge in [0, 0.05) is 27.2 Å². The number of amides is 2. The number of benzene rings is 1. The van der Waals surface area contributed by atoms with E-state index < -0.39 is 0 Å². The second kappa shape index (κ2) is 6.32. The molecule has 0 saturated carbocycles. The van der Waals surface area contributed by atoms with E-state index in [1.54, 1.807) is 19.0 Å². The van der Waals surface area contributed by atoms with Gasteiger partial charge >= 0.3 is 0 Å². The maximum Gasteiger partial charge on any atom is 0.229 e. The predicted octanol–water partition coefficient (Wildman–Crippen LogP) is 1.24. The van der Waals surface area contributed by atoms with Crippen molar-refractivity contribution in [2.45, 2.75) is 31.9 Å². The molecule has 0 aliphatic carbocycles. The summed E-state index contributed by atoms with van der Waals surface area (Å²) in [6, 6.07) is 8.07. The lowest BCUT2D eigenvalue weighted by atomic mass is 10.0. The van der Waals surface area contributed by atoms with Crippen molar-refractivity contribution in [3.63, 3.8) is 0 Å². The number of carbonyl (C=O) groups is 2. The zero-order chi connectivity index (χ0) is 16.6. The summed E-state index contributed by atoms with van der Waals surface area (Å²) in [5.41, 5.74) is 2.20. The Balaban J connectivity index is 1.73. The van der Waals surface area contributed by atoms with Gasteiger partial charge in [0.25, 0.3) is 0 Å². The van der Waals surface area contributed by atoms with Crippen molar-refractivity contribution in [1.82, 2.24) is 9.80 Å². The Kier molecular flexibility index (Phi) is 4.39. The predicted molar refractivity (Wildman–Crippen MR) is 86.9 cm³/mol. The molecule has 0 aromatic heterocycles. The van der Waals surface area contributed by atoms with Gasteiger partial charge < -0.3 is 14.5 Å². The molecule has 2 heterocycles. The highest BCUT2D eigenvalue weighted by molar-refractivity contribution is 5.84. The largest absolute Gasteiger partial charge is 0.375 e. The molecular weight excluding hydrogens is 292 g/mol. The van der Waals surface area contributed by atoms with E-state index in [0.29, 0.717) is 19.6 Å². The molecule has 2 aliphatic heterocycles. The summed E-state index contributed by atoms with van der Waals surface area (Å²) in [4.78, 5) is 28.5. The van der Waals surface area contributed by atoms with Crippen LogP contribution in [0, 0.1) is 12.8 Å². The number of nitrogens with zero attached hydrogens (tertiary/aromatic N) is 2. The van der Waals surface area contributed by atoms with Gasteiger partial charge in [0.05, 0.1) is 24.5 Å². The molecule has 0 N–H and O–H groups in total. The van der Waals surface area contributed by atoms with Gasteiger partial charge in [-0.2, -0.15) is 0 Å². The van der Waals surface area contributed by atoms with Gasteiger partial charge in [-0.15, -0.1) is 0 Å². The average Bonchev–Trinajstić information content (AvgIpc) is 3.10. The summed E-state index contributed by atoms with van der Waals surface area (Å²) < 4.78 is 5.77. The summed E-state index contributed by atoms with van der Waals surface area (Å²) in [7, 11) is 3.51. The van der Waals surface area contributed by atoms with Crippen LogP contribution in [0.25, 0.3) is 0 Å². The van der Waals surface area contributed by atoms with E-state index in [1.165, 1.54) is 5.56 Å². The number of likely N-dealkylation sites (tertiary alicyclic amines) is 1. The van der Waals surface area contributed by atoms with Crippen LogP contribution in [0.2, 0.25) is 0 Å². The lowest BCUT2D eigenvalue weighted by molar-refractivity contribution is -0.135. The average molecular weight is 316 g/mol. The Hall–Kier alpha value is -1.88. The van der Waals surface area contributed by atoms with Crippen molar-refractivity contribution in [3.05, 3.63) is 35.4 Å². The van der Waals surface area contributed by atoms with Crippen LogP contribution in [0.3, 0.4) is 0 Å². The van der Waals surface area contributed by atoms with E-state index >= 15 is 0 Å². The molecule has 3 rings (SSSR count). The summed E-state index contributed by atoms with van der Waals surface area (Å²) in [5.74, 6) is -0.101. The van der Waals surface area contributed by atoms with E-state index in [4.69, 9.17) is 4.74 Å². The van der Waals surface area contributed by atoms with Crippen molar-refractivity contribution >= 4 is 11.8 Å². The maximum atomic E-state index is 12.7. The minimum absolute atomic E-state index is 0.0434. The molecule has 1 aromatic rings. The standard InChI is InChI=1S/C18H24N2O3/c1-12-4-6-13(7-5-12)10-16(21)20-11-14(18(22)19(2)3)17-15(20)8-9-23-17/h4-7,14-15,17H,8-11H2,1-3H3/t14-,15?,17?/m0/s1. The molecule has 0 radical (unpaired) electrons. The molecule has 5 heteroatoms. The van der Waals surface area contributed by atoms with Crippen LogP contribution in [-0.2, 0) is 20.7 Å². The fourth-order valence-electron chi connectivity index (χ4n) is 3.59. The van der Waals surface area contributed by atoms with Gasteiger partial charge in [-0.3, -0.25) is 9.59 Å². The fraction of sp³-hybridized carbons (Fsp3) is 0.556. The molecule has 23 heavy (non-hydrogen) atoms. The monoisotopic (exact) mass is 316 g/mol. The summed E-state index contributed by atoms with van der Waals surface area (Å²) in [6.45, 7) is 3.13. The first-order chi connectivity index (χ1) is 11.0. The van der Waals surface area contributed by atoms with Crippen molar-refractivity contribution in [1.29, 1.82) is 0 Å². The zero-order valence-electron chi connectivity index (χ0n) is 14.0. The highest BCUT2D eigenvalue weighted by atomic mass is 16.5. The molecule has 0 spiro atoms. The SMILES string of the molecule is Cc1ccc(CC(=O)N2C[C@H](C(=O)N(C)C)C3OCCC32)cc1. The molecule has 2 fully saturated rings. The van der Waals surface area contributed by atoms with E-state index in [-0.39, 0.29) is 29.9 Å². The number of hydrogen-bond acceptors (Lipinski definition) is 3. The third-order valence-corrected chi connectivity index (χ3v) is 4.85. The van der Waals surface area contributed by atoms with Gasteiger partial charge in [-0.25, -0.2) is 0 Å². The molecule has 2 unspecified atom stereocenters. The minimum Gasteiger partial charge on any atom is -0.375 e. The molecule has 2 aliphatic rings. The quantitative estimate of drug-likeness (QED) is 0.843. The number of aryl methyl sites for hydroxylation is 1. The van der Waals surface area contributed by atoms with Gasteiger partial charge in [0.2, 0.25) is 11.8 Å². The molecule has 0 bridgehead atoms. The van der Waals surface area contributed by atoms with Crippen LogP contribution in [0.15, 0.2) is 24.3 Å². The van der Waals surface area contributed by atoms with E-state index in [0.717, 1.165) is 12.0 Å². The summed E-state index contributed by atoms with van der Waals surface area (Å²) in [5, 5.41) is 0. The van der Waals surface area contributed by atoms with Gasteiger partial charge in [0.15, 0.2) is 0 Å². The van der Waals surface area contributed by atoms with Gasteiger partial charge in [0.1, 0.15) is 0 Å². The number of hydrogen-bond donors (Lipinski definition) is 0. The van der Waals surface area contributed by atoms with Gasteiger partial charge in [-0.05, 0) is 18.9 Å². The number of fused-ring (bicyclic) bond motifs is 1. The molecule has 2 saturated heterocycles. The van der Waals surface area contributed by atoms with Crippen LogP contribution in [0.1, 0.15) is 17.5 Å². The summed E-state index contributed by atoms with van der Waals surface area (Å²) >= 11 is 0. The second-order valence-electron chi connectivity index (χ2n) is 6.74. The van der Waals surface area contributed by atoms with Crippen molar-refractivity contribution in [2.75, 3.05) is 27.2 Å². The Morgan fingerprint density at radius 3 is 2.61 bits per heavy atom. The van der Waals surface area contributed by atoms with E-state index in [9.17, 15) is 9.59 Å². The number of rotatable bonds is 3. The Labute approximate surface area is 137 Å². The first-order valence-corrected chi connectivity index (χ1v) is 8.15. The molecule has 5 nitrogen and oxygen atoms in total. The third-order valence-electron chi connectivity index (χ3n) is 4.85. The van der Waals surface area contributed by atoms with Crippen molar-refractivity contribution in [3.8, 4) is 0 Å². The fourth-order valence-corrected chi connectivity index (χ4v) is 3.59. The Morgan fingerprint density at radius 1 is 1.26 bits per heavy atom. The van der Waals surface area contributed by atoms with Crippen LogP contribution in [-0.4, -0.2) is 61.0 Å². The molecule has 3 atom stereocenters. The normalized spacial score (nSPS) is 26.2. The van der Waals surface area contributed by atoms with Crippen LogP contribution in [0.5, 0.6) is 0 Å². The Bertz CT molecular complexity index is 597. The lowest BCUT2D eigenvalue weighted by Gasteiger charge is -2.22. The second-order valence-corrected chi connectivity index (χ2v) is 6.74. The van der Waals surface area contributed by atoms with Crippen molar-refractivity contribution in [2.24, 2.45) is 5.92 Å². The first-order valence-electron chi connectivity index (χ1n) is 8.15. The smallest absolute Gasteiger partial charge is 0.229 e. The first kappa shape index (κ1) is 16.0. The molecular formula is C18H24N2O3. The van der Waals surface area contributed by atoms with Crippen LogP contribution >= 0.6 is 0 Å². The molecule has 1 aromatic carbocycles. The van der Waals surface area contributed by atoms with Crippen LogP contribution < -0.4 is 0 Å².